The minimum Gasteiger partial charge on any atom is -0.471 e. The van der Waals surface area contributed by atoms with Gasteiger partial charge in [0.05, 0.1) is 17.2 Å². The summed E-state index contributed by atoms with van der Waals surface area (Å²) in [6.45, 7) is 3.12. The fraction of sp³-hybridized carbons (Fsp3) is 0.190. The van der Waals surface area contributed by atoms with Gasteiger partial charge in [0.25, 0.3) is 11.8 Å². The van der Waals surface area contributed by atoms with Gasteiger partial charge in [-0.2, -0.15) is 0 Å². The molecule has 10 heteroatoms. The van der Waals surface area contributed by atoms with Gasteiger partial charge in [-0.1, -0.05) is 30.3 Å². The smallest absolute Gasteiger partial charge is 0.347 e. The largest absolute Gasteiger partial charge is 0.471 e. The van der Waals surface area contributed by atoms with Gasteiger partial charge in [0.2, 0.25) is 5.75 Å². The Morgan fingerprint density at radius 2 is 1.90 bits per heavy atom. The molecule has 1 heterocycles. The minimum absolute atomic E-state index is 0.0961. The second-order valence-electron chi connectivity index (χ2n) is 6.44. The second-order valence-corrected chi connectivity index (χ2v) is 6.44. The highest BCUT2D eigenvalue weighted by Gasteiger charge is 2.35. The number of rotatable bonds is 7. The molecule has 2 aromatic rings. The summed E-state index contributed by atoms with van der Waals surface area (Å²) in [5.74, 6) is -2.26. The molecule has 1 aliphatic heterocycles. The van der Waals surface area contributed by atoms with E-state index in [1.807, 2.05) is 0 Å². The Labute approximate surface area is 177 Å². The molecule has 0 radical (unpaired) electrons. The van der Waals surface area contributed by atoms with Crippen molar-refractivity contribution in [3.05, 3.63) is 69.8 Å². The SMILES string of the molecule is CCOC(=O)C(C)Oc1c(C=C2C(=O)NN(c3ccccc3)C2=O)cccc1[N+](=O)[O-]. The van der Waals surface area contributed by atoms with Crippen molar-refractivity contribution in [1.82, 2.24) is 5.43 Å². The van der Waals surface area contributed by atoms with Crippen molar-refractivity contribution in [3.8, 4) is 5.75 Å². The first-order chi connectivity index (χ1) is 14.8. The number of carbonyl (C=O) groups is 3. The first-order valence-electron chi connectivity index (χ1n) is 9.36. The van der Waals surface area contributed by atoms with Crippen molar-refractivity contribution in [2.75, 3.05) is 11.6 Å². The van der Waals surface area contributed by atoms with E-state index in [0.717, 1.165) is 5.01 Å². The van der Waals surface area contributed by atoms with Crippen molar-refractivity contribution in [2.24, 2.45) is 0 Å². The van der Waals surface area contributed by atoms with Gasteiger partial charge in [-0.15, -0.1) is 0 Å². The van der Waals surface area contributed by atoms with Crippen molar-refractivity contribution < 1.29 is 28.8 Å². The fourth-order valence-electron chi connectivity index (χ4n) is 2.88. The van der Waals surface area contributed by atoms with Gasteiger partial charge in [-0.25, -0.2) is 9.80 Å². The normalized spacial score (nSPS) is 15.5. The summed E-state index contributed by atoms with van der Waals surface area (Å²) >= 11 is 0. The number of hydrogen-bond donors (Lipinski definition) is 1. The Morgan fingerprint density at radius 1 is 1.19 bits per heavy atom. The van der Waals surface area contributed by atoms with E-state index in [-0.39, 0.29) is 23.5 Å². The highest BCUT2D eigenvalue weighted by molar-refractivity contribution is 6.31. The first kappa shape index (κ1) is 21.5. The molecular weight excluding hydrogens is 406 g/mol. The third-order valence-electron chi connectivity index (χ3n) is 4.34. The molecule has 1 saturated heterocycles. The third-order valence-corrected chi connectivity index (χ3v) is 4.34. The van der Waals surface area contributed by atoms with E-state index < -0.39 is 34.5 Å². The maximum Gasteiger partial charge on any atom is 0.347 e. The predicted molar refractivity (Wildman–Crippen MR) is 110 cm³/mol. The lowest BCUT2D eigenvalue weighted by Gasteiger charge is -2.15. The molecule has 2 amide bonds. The number of hydrazine groups is 1. The number of benzene rings is 2. The zero-order chi connectivity index (χ0) is 22.5. The number of amides is 2. The second kappa shape index (κ2) is 9.08. The molecular formula is C21H19N3O7. The lowest BCUT2D eigenvalue weighted by atomic mass is 10.1. The minimum atomic E-state index is -1.15. The average Bonchev–Trinajstić information content (AvgIpc) is 3.03. The lowest BCUT2D eigenvalue weighted by Crippen LogP contribution is -2.35. The number of nitro groups is 1. The van der Waals surface area contributed by atoms with E-state index in [2.05, 4.69) is 5.43 Å². The number of carbonyl (C=O) groups excluding carboxylic acids is 3. The van der Waals surface area contributed by atoms with Gasteiger partial charge in [0.15, 0.2) is 6.10 Å². The molecule has 160 valence electrons. The van der Waals surface area contributed by atoms with Crippen LogP contribution in [0.25, 0.3) is 6.08 Å². The summed E-state index contributed by atoms with van der Waals surface area (Å²) in [6, 6.07) is 12.5. The van der Waals surface area contributed by atoms with Crippen LogP contribution in [-0.2, 0) is 19.1 Å². The summed E-state index contributed by atoms with van der Waals surface area (Å²) in [7, 11) is 0. The van der Waals surface area contributed by atoms with Gasteiger partial charge in [0.1, 0.15) is 5.57 Å². The topological polar surface area (TPSA) is 128 Å². The Hall–Kier alpha value is -4.21. The van der Waals surface area contributed by atoms with Crippen LogP contribution < -0.4 is 15.2 Å². The summed E-state index contributed by atoms with van der Waals surface area (Å²) < 4.78 is 10.4. The Kier molecular flexibility index (Phi) is 6.29. The maximum absolute atomic E-state index is 12.8. The van der Waals surface area contributed by atoms with Crippen molar-refractivity contribution in [1.29, 1.82) is 0 Å². The summed E-state index contributed by atoms with van der Waals surface area (Å²) in [4.78, 5) is 48.0. The van der Waals surface area contributed by atoms with Gasteiger partial charge in [-0.3, -0.25) is 25.1 Å². The van der Waals surface area contributed by atoms with E-state index in [4.69, 9.17) is 9.47 Å². The van der Waals surface area contributed by atoms with Gasteiger partial charge < -0.3 is 9.47 Å². The monoisotopic (exact) mass is 425 g/mol. The van der Waals surface area contributed by atoms with Crippen LogP contribution in [0, 0.1) is 10.1 Å². The van der Waals surface area contributed by atoms with Crippen LogP contribution in [0.5, 0.6) is 5.75 Å². The zero-order valence-electron chi connectivity index (χ0n) is 16.7. The van der Waals surface area contributed by atoms with Crippen LogP contribution >= 0.6 is 0 Å². The van der Waals surface area contributed by atoms with E-state index in [9.17, 15) is 24.5 Å². The molecule has 0 aliphatic carbocycles. The average molecular weight is 425 g/mol. The van der Waals surface area contributed by atoms with Crippen LogP contribution in [0.2, 0.25) is 0 Å². The summed E-state index contributed by atoms with van der Waals surface area (Å²) in [5, 5.41) is 12.6. The van der Waals surface area contributed by atoms with Crippen LogP contribution in [0.3, 0.4) is 0 Å². The molecule has 1 atom stereocenters. The van der Waals surface area contributed by atoms with Gasteiger partial charge in [-0.05, 0) is 32.1 Å². The molecule has 0 saturated carbocycles. The molecule has 0 aromatic heterocycles. The first-order valence-corrected chi connectivity index (χ1v) is 9.36. The quantitative estimate of drug-likeness (QED) is 0.237. The number of nitro benzene ring substituents is 1. The number of esters is 1. The number of nitrogens with zero attached hydrogens (tertiary/aromatic N) is 2. The highest BCUT2D eigenvalue weighted by Crippen LogP contribution is 2.34. The van der Waals surface area contributed by atoms with Crippen LogP contribution in [-0.4, -0.2) is 35.4 Å². The Morgan fingerprint density at radius 3 is 2.55 bits per heavy atom. The Bertz CT molecular complexity index is 1070. The molecule has 0 spiro atoms. The summed E-state index contributed by atoms with van der Waals surface area (Å²) in [5.41, 5.74) is 2.34. The number of nitrogens with one attached hydrogen (secondary N) is 1. The number of anilines is 1. The van der Waals surface area contributed by atoms with Crippen LogP contribution in [0.1, 0.15) is 19.4 Å². The van der Waals surface area contributed by atoms with Crippen molar-refractivity contribution in [3.63, 3.8) is 0 Å². The van der Waals surface area contributed by atoms with E-state index in [0.29, 0.717) is 5.69 Å². The maximum atomic E-state index is 12.8. The van der Waals surface area contributed by atoms with E-state index >= 15 is 0 Å². The zero-order valence-corrected chi connectivity index (χ0v) is 16.7. The van der Waals surface area contributed by atoms with Crippen LogP contribution in [0.4, 0.5) is 11.4 Å². The van der Waals surface area contributed by atoms with Crippen molar-refractivity contribution >= 4 is 35.2 Å². The standard InChI is InChI=1S/C21H19N3O7/c1-3-30-21(27)13(2)31-18-14(8-7-11-17(18)24(28)29)12-16-19(25)22-23(20(16)26)15-9-5-4-6-10-15/h4-13H,3H2,1-2H3,(H,22,25). The number of para-hydroxylation sites is 2. The fourth-order valence-corrected chi connectivity index (χ4v) is 2.88. The molecule has 10 nitrogen and oxygen atoms in total. The number of ether oxygens (including phenoxy) is 2. The molecule has 0 bridgehead atoms. The van der Waals surface area contributed by atoms with Crippen LogP contribution in [0.15, 0.2) is 54.1 Å². The van der Waals surface area contributed by atoms with E-state index in [1.165, 1.54) is 31.2 Å². The molecule has 1 fully saturated rings. The van der Waals surface area contributed by atoms with E-state index in [1.54, 1.807) is 37.3 Å². The van der Waals surface area contributed by atoms with Gasteiger partial charge >= 0.3 is 11.7 Å². The predicted octanol–water partition coefficient (Wildman–Crippen LogP) is 2.39. The van der Waals surface area contributed by atoms with Gasteiger partial charge in [0, 0.05) is 11.6 Å². The molecule has 31 heavy (non-hydrogen) atoms. The third kappa shape index (κ3) is 4.53. The lowest BCUT2D eigenvalue weighted by molar-refractivity contribution is -0.386. The van der Waals surface area contributed by atoms with Crippen molar-refractivity contribution in [2.45, 2.75) is 20.0 Å². The molecule has 2 aromatic carbocycles. The summed E-state index contributed by atoms with van der Waals surface area (Å²) in [6.07, 6.45) is 0.0491. The molecule has 1 N–H and O–H groups in total. The molecule has 1 unspecified atom stereocenters. The number of hydrogen-bond acceptors (Lipinski definition) is 7. The molecule has 3 rings (SSSR count). The molecule has 1 aliphatic rings. The highest BCUT2D eigenvalue weighted by atomic mass is 16.6. The Balaban J connectivity index is 2.00.